The lowest BCUT2D eigenvalue weighted by Crippen LogP contribution is -2.20. The maximum absolute atomic E-state index is 10.7. The zero-order valence-corrected chi connectivity index (χ0v) is 9.95. The molecule has 0 amide bonds. The average molecular weight is 222 g/mol. The third-order valence-corrected chi connectivity index (χ3v) is 2.63. The number of aryl methyl sites for hydroxylation is 1. The molecule has 0 saturated carbocycles. The van der Waals surface area contributed by atoms with Gasteiger partial charge in [0.05, 0.1) is 6.42 Å². The fraction of sp³-hybridized carbons (Fsp3) is 0.462. The van der Waals surface area contributed by atoms with E-state index in [1.165, 1.54) is 0 Å². The first-order chi connectivity index (χ1) is 7.30. The molecular weight excluding hydrogens is 204 g/mol. The molecule has 3 nitrogen and oxygen atoms in total. The number of carbonyl (C=O) groups is 1. The summed E-state index contributed by atoms with van der Waals surface area (Å²) in [6.45, 7) is 5.81. The number of aromatic hydroxyl groups is 1. The first-order valence-corrected chi connectivity index (χ1v) is 5.30. The molecular formula is C13H18O3. The van der Waals surface area contributed by atoms with E-state index in [-0.39, 0.29) is 17.6 Å². The van der Waals surface area contributed by atoms with Gasteiger partial charge in [-0.2, -0.15) is 0 Å². The first-order valence-electron chi connectivity index (χ1n) is 5.30. The molecule has 0 bridgehead atoms. The fourth-order valence-corrected chi connectivity index (χ4v) is 1.84. The lowest BCUT2D eigenvalue weighted by Gasteiger charge is -2.23. The van der Waals surface area contributed by atoms with Crippen LogP contribution in [-0.4, -0.2) is 16.2 Å². The second-order valence-electron chi connectivity index (χ2n) is 5.02. The Balaban J connectivity index is 2.86. The van der Waals surface area contributed by atoms with Crippen LogP contribution in [0.1, 0.15) is 31.4 Å². The molecule has 0 fully saturated rings. The Kier molecular flexibility index (Phi) is 3.58. The minimum absolute atomic E-state index is 0.127. The van der Waals surface area contributed by atoms with Crippen LogP contribution in [0, 0.1) is 12.3 Å². The van der Waals surface area contributed by atoms with Crippen molar-refractivity contribution in [3.05, 3.63) is 29.3 Å². The third-order valence-electron chi connectivity index (χ3n) is 2.63. The smallest absolute Gasteiger partial charge is 0.303 e. The maximum Gasteiger partial charge on any atom is 0.303 e. The Labute approximate surface area is 95.7 Å². The highest BCUT2D eigenvalue weighted by molar-refractivity contribution is 5.67. The van der Waals surface area contributed by atoms with Gasteiger partial charge in [0.1, 0.15) is 5.75 Å². The quantitative estimate of drug-likeness (QED) is 0.823. The summed E-state index contributed by atoms with van der Waals surface area (Å²) < 4.78 is 0. The molecule has 16 heavy (non-hydrogen) atoms. The number of carboxylic acid groups (broad SMARTS) is 1. The summed E-state index contributed by atoms with van der Waals surface area (Å²) in [5, 5.41) is 18.2. The molecule has 0 saturated heterocycles. The van der Waals surface area contributed by atoms with E-state index in [2.05, 4.69) is 0 Å². The zero-order valence-electron chi connectivity index (χ0n) is 9.95. The number of phenolic OH excluding ortho intramolecular Hbond substituents is 1. The molecule has 0 unspecified atom stereocenters. The minimum atomic E-state index is -0.789. The lowest BCUT2D eigenvalue weighted by atomic mass is 9.81. The summed E-state index contributed by atoms with van der Waals surface area (Å²) in [7, 11) is 0. The molecule has 88 valence electrons. The van der Waals surface area contributed by atoms with Gasteiger partial charge in [0.2, 0.25) is 0 Å². The van der Waals surface area contributed by atoms with Gasteiger partial charge in [-0.05, 0) is 42.0 Å². The van der Waals surface area contributed by atoms with Gasteiger partial charge in [0, 0.05) is 0 Å². The van der Waals surface area contributed by atoms with E-state index in [4.69, 9.17) is 5.11 Å². The highest BCUT2D eigenvalue weighted by Gasteiger charge is 2.23. The number of benzene rings is 1. The average Bonchev–Trinajstić information content (AvgIpc) is 2.08. The molecule has 1 aromatic rings. The first kappa shape index (κ1) is 12.6. The summed E-state index contributed by atoms with van der Waals surface area (Å²) in [5.74, 6) is -0.561. The van der Waals surface area contributed by atoms with Gasteiger partial charge >= 0.3 is 5.97 Å². The van der Waals surface area contributed by atoms with Gasteiger partial charge in [0.25, 0.3) is 0 Å². The van der Waals surface area contributed by atoms with Gasteiger partial charge in [-0.15, -0.1) is 0 Å². The molecule has 0 spiro atoms. The minimum Gasteiger partial charge on any atom is -0.508 e. The summed E-state index contributed by atoms with van der Waals surface area (Å²) in [6.07, 6.45) is 0.779. The monoisotopic (exact) mass is 222 g/mol. The number of rotatable bonds is 4. The Morgan fingerprint density at radius 3 is 2.56 bits per heavy atom. The Hall–Kier alpha value is -1.51. The fourth-order valence-electron chi connectivity index (χ4n) is 1.84. The van der Waals surface area contributed by atoms with Crippen LogP contribution in [0.15, 0.2) is 18.2 Å². The van der Waals surface area contributed by atoms with Gasteiger partial charge in [-0.1, -0.05) is 19.9 Å². The van der Waals surface area contributed by atoms with Crippen LogP contribution >= 0.6 is 0 Å². The second kappa shape index (κ2) is 4.56. The maximum atomic E-state index is 10.7. The molecule has 1 aromatic carbocycles. The molecule has 1 rings (SSSR count). The molecule has 0 aliphatic rings. The third kappa shape index (κ3) is 3.57. The number of hydrogen-bond acceptors (Lipinski definition) is 2. The van der Waals surface area contributed by atoms with E-state index in [0.29, 0.717) is 6.42 Å². The van der Waals surface area contributed by atoms with E-state index in [1.54, 1.807) is 12.1 Å². The molecule has 0 aliphatic carbocycles. The largest absolute Gasteiger partial charge is 0.508 e. The van der Waals surface area contributed by atoms with Crippen LogP contribution in [0.3, 0.4) is 0 Å². The summed E-state index contributed by atoms with van der Waals surface area (Å²) in [5.41, 5.74) is 1.78. The molecule has 3 heteroatoms. The van der Waals surface area contributed by atoms with Crippen molar-refractivity contribution in [2.24, 2.45) is 5.41 Å². The number of phenols is 1. The topological polar surface area (TPSA) is 57.5 Å². The molecule has 0 radical (unpaired) electrons. The second-order valence-corrected chi connectivity index (χ2v) is 5.02. The zero-order chi connectivity index (χ0) is 12.3. The van der Waals surface area contributed by atoms with Crippen molar-refractivity contribution in [1.29, 1.82) is 0 Å². The number of aliphatic carboxylic acids is 1. The van der Waals surface area contributed by atoms with Crippen molar-refractivity contribution in [1.82, 2.24) is 0 Å². The molecule has 2 N–H and O–H groups in total. The van der Waals surface area contributed by atoms with Gasteiger partial charge in [-0.3, -0.25) is 4.79 Å². The van der Waals surface area contributed by atoms with Crippen molar-refractivity contribution in [2.75, 3.05) is 0 Å². The molecule has 0 heterocycles. The number of carboxylic acids is 1. The van der Waals surface area contributed by atoms with Crippen LogP contribution in [0.4, 0.5) is 0 Å². The van der Waals surface area contributed by atoms with Gasteiger partial charge in [-0.25, -0.2) is 0 Å². The molecule has 0 aromatic heterocycles. The Morgan fingerprint density at radius 1 is 1.38 bits per heavy atom. The van der Waals surface area contributed by atoms with Crippen molar-refractivity contribution in [3.8, 4) is 5.75 Å². The van der Waals surface area contributed by atoms with Crippen LogP contribution in [0.2, 0.25) is 0 Å². The van der Waals surface area contributed by atoms with Crippen LogP contribution in [0.25, 0.3) is 0 Å². The molecule has 0 aliphatic heterocycles. The standard InChI is InChI=1S/C13H18O3/c1-9-4-5-11(14)6-10(9)7-13(2,3)8-12(15)16/h4-6,14H,7-8H2,1-3H3,(H,15,16). The lowest BCUT2D eigenvalue weighted by molar-refractivity contribution is -0.139. The highest BCUT2D eigenvalue weighted by Crippen LogP contribution is 2.28. The van der Waals surface area contributed by atoms with E-state index < -0.39 is 5.97 Å². The van der Waals surface area contributed by atoms with E-state index in [9.17, 15) is 9.90 Å². The predicted molar refractivity (Wildman–Crippen MR) is 62.6 cm³/mol. The Bertz CT molecular complexity index is 394. The SMILES string of the molecule is Cc1ccc(O)cc1CC(C)(C)CC(=O)O. The normalized spacial score (nSPS) is 11.4. The van der Waals surface area contributed by atoms with Crippen molar-refractivity contribution in [2.45, 2.75) is 33.6 Å². The predicted octanol–water partition coefficient (Wildman–Crippen LogP) is 2.74. The van der Waals surface area contributed by atoms with E-state index in [0.717, 1.165) is 11.1 Å². The van der Waals surface area contributed by atoms with Gasteiger partial charge in [0.15, 0.2) is 0 Å². The van der Waals surface area contributed by atoms with Crippen molar-refractivity contribution in [3.63, 3.8) is 0 Å². The van der Waals surface area contributed by atoms with Crippen molar-refractivity contribution >= 4 is 5.97 Å². The van der Waals surface area contributed by atoms with Gasteiger partial charge < -0.3 is 10.2 Å². The van der Waals surface area contributed by atoms with Crippen LogP contribution in [0.5, 0.6) is 5.75 Å². The van der Waals surface area contributed by atoms with E-state index in [1.807, 2.05) is 26.8 Å². The molecule has 0 atom stereocenters. The number of hydrogen-bond donors (Lipinski definition) is 2. The summed E-state index contributed by atoms with van der Waals surface area (Å²) in [6, 6.07) is 5.20. The van der Waals surface area contributed by atoms with E-state index >= 15 is 0 Å². The van der Waals surface area contributed by atoms with Crippen LogP contribution in [-0.2, 0) is 11.2 Å². The Morgan fingerprint density at radius 2 is 2.00 bits per heavy atom. The summed E-state index contributed by atoms with van der Waals surface area (Å²) in [4.78, 5) is 10.7. The van der Waals surface area contributed by atoms with Crippen molar-refractivity contribution < 1.29 is 15.0 Å². The van der Waals surface area contributed by atoms with Crippen LogP contribution < -0.4 is 0 Å². The highest BCUT2D eigenvalue weighted by atomic mass is 16.4. The summed E-state index contributed by atoms with van der Waals surface area (Å²) >= 11 is 0.